The third kappa shape index (κ3) is 1.42. The highest BCUT2D eigenvalue weighted by Crippen LogP contribution is 2.45. The molecule has 2 heterocycles. The summed E-state index contributed by atoms with van der Waals surface area (Å²) in [7, 11) is 0. The Hall–Kier alpha value is -1.09. The fourth-order valence-corrected chi connectivity index (χ4v) is 2.36. The first-order valence-electron chi connectivity index (χ1n) is 5.21. The van der Waals surface area contributed by atoms with Crippen LogP contribution in [0, 0.1) is 0 Å². The van der Waals surface area contributed by atoms with E-state index in [0.717, 1.165) is 30.8 Å². The summed E-state index contributed by atoms with van der Waals surface area (Å²) in [5.41, 5.74) is 2.24. The lowest BCUT2D eigenvalue weighted by atomic mass is 10.1. The zero-order valence-corrected chi connectivity index (χ0v) is 9.06. The molecule has 4 heteroatoms. The van der Waals surface area contributed by atoms with Gasteiger partial charge in [0.15, 0.2) is 11.5 Å². The summed E-state index contributed by atoms with van der Waals surface area (Å²) in [5, 5.41) is 3.94. The maximum atomic E-state index is 6.28. The average molecular weight is 226 g/mol. The minimum atomic E-state index is 0.668. The van der Waals surface area contributed by atoms with Crippen LogP contribution < -0.4 is 14.8 Å². The van der Waals surface area contributed by atoms with Crippen molar-refractivity contribution in [3.05, 3.63) is 16.7 Å². The quantitative estimate of drug-likeness (QED) is 0.736. The molecule has 0 fully saturated rings. The van der Waals surface area contributed by atoms with Crippen LogP contribution in [0.1, 0.15) is 12.0 Å². The summed E-state index contributed by atoms with van der Waals surface area (Å²) >= 11 is 6.28. The standard InChI is InChI=1S/C11H12ClNO2/c12-9-10-7(2-3-13-10)6-8-11(9)15-5-1-4-14-8/h6,13H,1-5H2. The van der Waals surface area contributed by atoms with Gasteiger partial charge in [-0.2, -0.15) is 0 Å². The number of hydrogen-bond acceptors (Lipinski definition) is 3. The second kappa shape index (κ2) is 3.49. The van der Waals surface area contributed by atoms with Crippen LogP contribution in [0.2, 0.25) is 5.02 Å². The molecule has 0 aliphatic carbocycles. The smallest absolute Gasteiger partial charge is 0.181 e. The van der Waals surface area contributed by atoms with Crippen LogP contribution in [0.25, 0.3) is 0 Å². The number of fused-ring (bicyclic) bond motifs is 2. The van der Waals surface area contributed by atoms with Crippen molar-refractivity contribution < 1.29 is 9.47 Å². The first-order chi connectivity index (χ1) is 7.36. The summed E-state index contributed by atoms with van der Waals surface area (Å²) in [4.78, 5) is 0. The lowest BCUT2D eigenvalue weighted by Gasteiger charge is -2.12. The number of anilines is 1. The molecule has 0 saturated carbocycles. The zero-order valence-electron chi connectivity index (χ0n) is 8.31. The monoisotopic (exact) mass is 225 g/mol. The highest BCUT2D eigenvalue weighted by atomic mass is 35.5. The van der Waals surface area contributed by atoms with Crippen molar-refractivity contribution in [2.45, 2.75) is 12.8 Å². The minimum absolute atomic E-state index is 0.668. The molecule has 1 aromatic carbocycles. The molecule has 15 heavy (non-hydrogen) atoms. The van der Waals surface area contributed by atoms with Gasteiger partial charge in [-0.25, -0.2) is 0 Å². The first kappa shape index (κ1) is 9.16. The van der Waals surface area contributed by atoms with E-state index in [9.17, 15) is 0 Å². The van der Waals surface area contributed by atoms with Gasteiger partial charge in [-0.15, -0.1) is 0 Å². The van der Waals surface area contributed by atoms with Crippen molar-refractivity contribution in [1.82, 2.24) is 0 Å². The Kier molecular flexibility index (Phi) is 2.13. The number of hydrogen-bond donors (Lipinski definition) is 1. The van der Waals surface area contributed by atoms with Gasteiger partial charge in [0.1, 0.15) is 5.02 Å². The van der Waals surface area contributed by atoms with Crippen molar-refractivity contribution in [2.24, 2.45) is 0 Å². The van der Waals surface area contributed by atoms with Gasteiger partial charge in [0.25, 0.3) is 0 Å². The van der Waals surface area contributed by atoms with Gasteiger partial charge in [0.2, 0.25) is 0 Å². The molecule has 3 nitrogen and oxygen atoms in total. The van der Waals surface area contributed by atoms with E-state index in [2.05, 4.69) is 5.32 Å². The van der Waals surface area contributed by atoms with Gasteiger partial charge in [-0.3, -0.25) is 0 Å². The van der Waals surface area contributed by atoms with E-state index in [0.29, 0.717) is 24.0 Å². The summed E-state index contributed by atoms with van der Waals surface area (Å²) in [6, 6.07) is 2.04. The van der Waals surface area contributed by atoms with E-state index in [4.69, 9.17) is 21.1 Å². The molecule has 2 aliphatic rings. The van der Waals surface area contributed by atoms with Crippen LogP contribution in [-0.4, -0.2) is 19.8 Å². The van der Waals surface area contributed by atoms with Crippen LogP contribution in [0.3, 0.4) is 0 Å². The molecule has 0 spiro atoms. The van der Waals surface area contributed by atoms with E-state index in [1.807, 2.05) is 6.07 Å². The van der Waals surface area contributed by atoms with Gasteiger partial charge >= 0.3 is 0 Å². The van der Waals surface area contributed by atoms with Gasteiger partial charge in [-0.1, -0.05) is 11.6 Å². The Morgan fingerprint density at radius 2 is 2.13 bits per heavy atom. The number of halogens is 1. The second-order valence-corrected chi connectivity index (χ2v) is 4.16. The molecule has 0 bridgehead atoms. The van der Waals surface area contributed by atoms with Crippen molar-refractivity contribution >= 4 is 17.3 Å². The maximum Gasteiger partial charge on any atom is 0.181 e. The fraction of sp³-hybridized carbons (Fsp3) is 0.455. The van der Waals surface area contributed by atoms with Gasteiger partial charge < -0.3 is 14.8 Å². The van der Waals surface area contributed by atoms with Crippen molar-refractivity contribution in [3.63, 3.8) is 0 Å². The molecule has 1 aromatic rings. The van der Waals surface area contributed by atoms with Crippen LogP contribution in [0.5, 0.6) is 11.5 Å². The van der Waals surface area contributed by atoms with Crippen molar-refractivity contribution in [3.8, 4) is 11.5 Å². The molecule has 0 saturated heterocycles. The summed E-state index contributed by atoms with van der Waals surface area (Å²) < 4.78 is 11.2. The summed E-state index contributed by atoms with van der Waals surface area (Å²) in [5.74, 6) is 1.49. The zero-order chi connectivity index (χ0) is 10.3. The predicted octanol–water partition coefficient (Wildman–Crippen LogP) is 2.47. The van der Waals surface area contributed by atoms with Crippen molar-refractivity contribution in [1.29, 1.82) is 0 Å². The van der Waals surface area contributed by atoms with Crippen LogP contribution in [0.4, 0.5) is 5.69 Å². The predicted molar refractivity (Wildman–Crippen MR) is 59.3 cm³/mol. The maximum absolute atomic E-state index is 6.28. The largest absolute Gasteiger partial charge is 0.489 e. The highest BCUT2D eigenvalue weighted by Gasteiger charge is 2.23. The minimum Gasteiger partial charge on any atom is -0.489 e. The van der Waals surface area contributed by atoms with Gasteiger partial charge in [-0.05, 0) is 18.1 Å². The lowest BCUT2D eigenvalue weighted by molar-refractivity contribution is 0.297. The van der Waals surface area contributed by atoms with E-state index in [1.54, 1.807) is 0 Å². The SMILES string of the molecule is Clc1c2c(cc3c1OCCCO3)CCN2. The Labute approximate surface area is 93.3 Å². The van der Waals surface area contributed by atoms with Gasteiger partial charge in [0.05, 0.1) is 18.9 Å². The molecule has 3 rings (SSSR count). The number of nitrogens with one attached hydrogen (secondary N) is 1. The highest BCUT2D eigenvalue weighted by molar-refractivity contribution is 6.35. The van der Waals surface area contributed by atoms with Crippen LogP contribution >= 0.6 is 11.6 Å². The molecule has 0 amide bonds. The normalized spacial score (nSPS) is 17.9. The molecule has 0 radical (unpaired) electrons. The molecule has 2 aliphatic heterocycles. The summed E-state index contributed by atoms with van der Waals surface area (Å²) in [6.45, 7) is 2.32. The number of ether oxygens (including phenoxy) is 2. The Balaban J connectivity index is 2.15. The second-order valence-electron chi connectivity index (χ2n) is 3.78. The Morgan fingerprint density at radius 3 is 3.07 bits per heavy atom. The average Bonchev–Trinajstić information content (AvgIpc) is 2.56. The third-order valence-corrected chi connectivity index (χ3v) is 3.12. The molecule has 0 aromatic heterocycles. The molecular formula is C11H12ClNO2. The lowest BCUT2D eigenvalue weighted by Crippen LogP contribution is -1.98. The molecular weight excluding hydrogens is 214 g/mol. The van der Waals surface area contributed by atoms with Crippen molar-refractivity contribution in [2.75, 3.05) is 25.1 Å². The summed E-state index contributed by atoms with van der Waals surface area (Å²) in [6.07, 6.45) is 1.91. The fourth-order valence-electron chi connectivity index (χ4n) is 2.03. The first-order valence-corrected chi connectivity index (χ1v) is 5.59. The van der Waals surface area contributed by atoms with Crippen LogP contribution in [-0.2, 0) is 6.42 Å². The molecule has 0 unspecified atom stereocenters. The Bertz CT molecular complexity index is 406. The number of rotatable bonds is 0. The topological polar surface area (TPSA) is 30.5 Å². The molecule has 0 atom stereocenters. The molecule has 80 valence electrons. The van der Waals surface area contributed by atoms with Gasteiger partial charge in [0, 0.05) is 13.0 Å². The van der Waals surface area contributed by atoms with Crippen LogP contribution in [0.15, 0.2) is 6.07 Å². The van der Waals surface area contributed by atoms with E-state index in [-0.39, 0.29) is 0 Å². The third-order valence-electron chi connectivity index (χ3n) is 2.76. The molecule has 1 N–H and O–H groups in total. The Morgan fingerprint density at radius 1 is 1.27 bits per heavy atom. The van der Waals surface area contributed by atoms with E-state index >= 15 is 0 Å². The number of benzene rings is 1. The van der Waals surface area contributed by atoms with E-state index < -0.39 is 0 Å². The van der Waals surface area contributed by atoms with E-state index in [1.165, 1.54) is 5.56 Å².